The molecule has 0 radical (unpaired) electrons. The average Bonchev–Trinajstić information content (AvgIpc) is 3.28. The Morgan fingerprint density at radius 3 is 2.55 bits per heavy atom. The fraction of sp³-hybridized carbons (Fsp3) is 0.174. The number of benzene rings is 2. The second-order valence-corrected chi connectivity index (χ2v) is 7.73. The summed E-state index contributed by atoms with van der Waals surface area (Å²) in [5.41, 5.74) is 5.55. The molecular weight excluding hydrogens is 411 g/mol. The number of nitrogens with one attached hydrogen (secondary N) is 2. The smallest absolute Gasteiger partial charge is 0.175 e. The number of anilines is 2. The molecule has 0 atom stereocenters. The van der Waals surface area contributed by atoms with Gasteiger partial charge in [-0.05, 0) is 49.3 Å². The van der Waals surface area contributed by atoms with Crippen LogP contribution in [0.1, 0.15) is 22.5 Å². The first-order valence-corrected chi connectivity index (χ1v) is 10.3. The number of rotatable bonds is 6. The molecule has 0 amide bonds. The first-order valence-electron chi connectivity index (χ1n) is 9.91. The van der Waals surface area contributed by atoms with Crippen molar-refractivity contribution in [3.8, 4) is 0 Å². The lowest BCUT2D eigenvalue weighted by molar-refractivity contribution is 0.619. The molecule has 0 fully saturated rings. The van der Waals surface area contributed by atoms with Crippen LogP contribution in [0.5, 0.6) is 0 Å². The van der Waals surface area contributed by atoms with Crippen molar-refractivity contribution in [2.45, 2.75) is 26.9 Å². The Morgan fingerprint density at radius 2 is 1.77 bits per heavy atom. The van der Waals surface area contributed by atoms with E-state index < -0.39 is 0 Å². The van der Waals surface area contributed by atoms with E-state index in [4.69, 9.17) is 12.2 Å². The van der Waals surface area contributed by atoms with E-state index in [0.717, 1.165) is 28.3 Å². The minimum atomic E-state index is -0.257. The third kappa shape index (κ3) is 5.16. The predicted molar refractivity (Wildman–Crippen MR) is 125 cm³/mol. The highest BCUT2D eigenvalue weighted by Crippen LogP contribution is 2.21. The van der Waals surface area contributed by atoms with Crippen LogP contribution in [0, 0.1) is 19.7 Å². The van der Waals surface area contributed by atoms with Gasteiger partial charge in [-0.3, -0.25) is 9.36 Å². The minimum absolute atomic E-state index is 0.257. The molecule has 0 saturated carbocycles. The van der Waals surface area contributed by atoms with Gasteiger partial charge >= 0.3 is 0 Å². The molecule has 2 heterocycles. The highest BCUT2D eigenvalue weighted by atomic mass is 32.1. The molecule has 6 nitrogen and oxygen atoms in total. The highest BCUT2D eigenvalue weighted by molar-refractivity contribution is 7.80. The van der Waals surface area contributed by atoms with Gasteiger partial charge in [0.05, 0.1) is 42.0 Å². The fourth-order valence-corrected chi connectivity index (χ4v) is 3.62. The van der Waals surface area contributed by atoms with E-state index in [0.29, 0.717) is 18.2 Å². The van der Waals surface area contributed by atoms with E-state index in [-0.39, 0.29) is 5.82 Å². The normalized spacial score (nSPS) is 10.8. The Labute approximate surface area is 185 Å². The van der Waals surface area contributed by atoms with Gasteiger partial charge in [0.15, 0.2) is 5.11 Å². The maximum atomic E-state index is 13.4. The summed E-state index contributed by atoms with van der Waals surface area (Å²) in [6.07, 6.45) is 3.52. The number of aromatic nitrogens is 4. The second kappa shape index (κ2) is 9.09. The molecule has 0 spiro atoms. The summed E-state index contributed by atoms with van der Waals surface area (Å²) < 4.78 is 17.1. The monoisotopic (exact) mass is 434 g/mol. The zero-order valence-corrected chi connectivity index (χ0v) is 18.2. The van der Waals surface area contributed by atoms with Crippen LogP contribution in [-0.4, -0.2) is 24.7 Å². The Morgan fingerprint density at radius 1 is 1.00 bits per heavy atom. The van der Waals surface area contributed by atoms with E-state index in [1.54, 1.807) is 16.9 Å². The van der Waals surface area contributed by atoms with E-state index in [1.807, 2.05) is 49.0 Å². The molecule has 4 aromatic rings. The van der Waals surface area contributed by atoms with Gasteiger partial charge in [0.1, 0.15) is 5.82 Å². The summed E-state index contributed by atoms with van der Waals surface area (Å²) in [7, 11) is 0. The molecule has 158 valence electrons. The number of aryl methyl sites for hydroxylation is 1. The number of hydrogen-bond acceptors (Lipinski definition) is 3. The van der Waals surface area contributed by atoms with Crippen molar-refractivity contribution < 1.29 is 4.39 Å². The first kappa shape index (κ1) is 20.7. The van der Waals surface area contributed by atoms with Gasteiger partial charge in [-0.25, -0.2) is 4.39 Å². The van der Waals surface area contributed by atoms with E-state index in [9.17, 15) is 4.39 Å². The fourth-order valence-electron chi connectivity index (χ4n) is 3.40. The van der Waals surface area contributed by atoms with Gasteiger partial charge < -0.3 is 10.6 Å². The quantitative estimate of drug-likeness (QED) is 0.429. The van der Waals surface area contributed by atoms with E-state index >= 15 is 0 Å². The highest BCUT2D eigenvalue weighted by Gasteiger charge is 2.13. The van der Waals surface area contributed by atoms with E-state index in [1.165, 1.54) is 17.7 Å². The minimum Gasteiger partial charge on any atom is -0.330 e. The second-order valence-electron chi connectivity index (χ2n) is 7.32. The molecule has 4 rings (SSSR count). The van der Waals surface area contributed by atoms with Crippen LogP contribution in [0.4, 0.5) is 15.8 Å². The standard InChI is InChI=1S/C23H23FN6S/c1-16-22(17(2)30(28-16)14-18-7-4-3-5-8-18)27-23(31)26-21-12-25-29(15-21)13-19-9-6-10-20(24)11-19/h3-12,15H,13-14H2,1-2H3,(H2,26,27,31). The topological polar surface area (TPSA) is 59.7 Å². The number of nitrogens with zero attached hydrogens (tertiary/aromatic N) is 4. The van der Waals surface area contributed by atoms with Crippen molar-refractivity contribution in [2.24, 2.45) is 0 Å². The van der Waals surface area contributed by atoms with Gasteiger partial charge in [-0.15, -0.1) is 0 Å². The Bertz CT molecular complexity index is 1200. The lowest BCUT2D eigenvalue weighted by atomic mass is 10.2. The van der Waals surface area contributed by atoms with E-state index in [2.05, 4.69) is 33.0 Å². The molecule has 2 aromatic carbocycles. The third-order valence-electron chi connectivity index (χ3n) is 4.92. The molecule has 2 N–H and O–H groups in total. The lowest BCUT2D eigenvalue weighted by Crippen LogP contribution is -2.19. The van der Waals surface area contributed by atoms with Crippen molar-refractivity contribution in [2.75, 3.05) is 10.6 Å². The third-order valence-corrected chi connectivity index (χ3v) is 5.12. The van der Waals surface area contributed by atoms with Gasteiger partial charge in [0.2, 0.25) is 0 Å². The molecule has 0 saturated heterocycles. The SMILES string of the molecule is Cc1nn(Cc2ccccc2)c(C)c1NC(=S)Nc1cnn(Cc2cccc(F)c2)c1. The Kier molecular flexibility index (Phi) is 6.08. The molecule has 0 unspecified atom stereocenters. The Balaban J connectivity index is 1.39. The van der Waals surface area contributed by atoms with Crippen molar-refractivity contribution in [3.63, 3.8) is 0 Å². The Hall–Kier alpha value is -3.52. The molecule has 2 aromatic heterocycles. The van der Waals surface area contributed by atoms with Crippen LogP contribution in [0.15, 0.2) is 67.0 Å². The summed E-state index contributed by atoms with van der Waals surface area (Å²) in [6, 6.07) is 16.7. The zero-order chi connectivity index (χ0) is 21.8. The van der Waals surface area contributed by atoms with Crippen LogP contribution >= 0.6 is 12.2 Å². The summed E-state index contributed by atoms with van der Waals surface area (Å²) in [5, 5.41) is 15.8. The van der Waals surface area contributed by atoms with Crippen molar-refractivity contribution in [1.82, 2.24) is 19.6 Å². The molecule has 8 heteroatoms. The maximum Gasteiger partial charge on any atom is 0.175 e. The first-order chi connectivity index (χ1) is 15.0. The summed E-state index contributed by atoms with van der Waals surface area (Å²) in [6.45, 7) is 5.15. The predicted octanol–water partition coefficient (Wildman–Crippen LogP) is 4.74. The summed E-state index contributed by atoms with van der Waals surface area (Å²) in [4.78, 5) is 0. The molecule has 0 bridgehead atoms. The van der Waals surface area contributed by atoms with Crippen molar-refractivity contribution in [1.29, 1.82) is 0 Å². The van der Waals surface area contributed by atoms with Crippen LogP contribution in [0.25, 0.3) is 0 Å². The van der Waals surface area contributed by atoms with Crippen LogP contribution in [0.2, 0.25) is 0 Å². The van der Waals surface area contributed by atoms with Crippen LogP contribution in [0.3, 0.4) is 0 Å². The lowest BCUT2D eigenvalue weighted by Gasteiger charge is -2.10. The maximum absolute atomic E-state index is 13.4. The summed E-state index contributed by atoms with van der Waals surface area (Å²) >= 11 is 5.49. The van der Waals surface area contributed by atoms with Gasteiger partial charge in [-0.1, -0.05) is 42.5 Å². The molecule has 0 aliphatic heterocycles. The molecule has 0 aliphatic rings. The van der Waals surface area contributed by atoms with Gasteiger partial charge in [0, 0.05) is 6.20 Å². The largest absolute Gasteiger partial charge is 0.330 e. The van der Waals surface area contributed by atoms with Crippen LogP contribution in [-0.2, 0) is 13.1 Å². The molecule has 0 aliphatic carbocycles. The average molecular weight is 435 g/mol. The number of hydrogen-bond donors (Lipinski definition) is 2. The van der Waals surface area contributed by atoms with Crippen molar-refractivity contribution in [3.05, 3.63) is 95.3 Å². The molecular formula is C23H23FN6S. The van der Waals surface area contributed by atoms with Crippen molar-refractivity contribution >= 4 is 28.7 Å². The van der Waals surface area contributed by atoms with Crippen LogP contribution < -0.4 is 10.6 Å². The molecule has 31 heavy (non-hydrogen) atoms. The number of halogens is 1. The summed E-state index contributed by atoms with van der Waals surface area (Å²) in [5.74, 6) is -0.257. The number of thiocarbonyl (C=S) groups is 1. The zero-order valence-electron chi connectivity index (χ0n) is 17.3. The van der Waals surface area contributed by atoms with Gasteiger partial charge in [0.25, 0.3) is 0 Å². The van der Waals surface area contributed by atoms with Gasteiger partial charge in [-0.2, -0.15) is 10.2 Å².